The van der Waals surface area contributed by atoms with Crippen LogP contribution in [0.2, 0.25) is 0 Å². The van der Waals surface area contributed by atoms with E-state index in [1.807, 2.05) is 30.3 Å². The topological polar surface area (TPSA) is 12.0 Å². The maximum absolute atomic E-state index is 13.6. The SMILES string of the molecule is CCCNCc1ccc(-c2ccccc2F)cc1. The zero-order valence-corrected chi connectivity index (χ0v) is 10.6. The summed E-state index contributed by atoms with van der Waals surface area (Å²) in [5.74, 6) is -0.172. The fraction of sp³-hybridized carbons (Fsp3) is 0.250. The molecule has 0 bridgehead atoms. The number of rotatable bonds is 5. The van der Waals surface area contributed by atoms with E-state index in [4.69, 9.17) is 0 Å². The molecule has 0 saturated heterocycles. The molecule has 0 aromatic heterocycles. The van der Waals surface area contributed by atoms with Crippen LogP contribution in [0.4, 0.5) is 4.39 Å². The van der Waals surface area contributed by atoms with Gasteiger partial charge in [0, 0.05) is 12.1 Å². The third-order valence-electron chi connectivity index (χ3n) is 2.89. The Balaban J connectivity index is 2.10. The molecule has 0 unspecified atom stereocenters. The summed E-state index contributed by atoms with van der Waals surface area (Å²) in [5, 5.41) is 3.35. The standard InChI is InChI=1S/C16H18FN/c1-2-11-18-12-13-7-9-14(10-8-13)15-5-3-4-6-16(15)17/h3-10,18H,2,11-12H2,1H3. The van der Waals surface area contributed by atoms with Crippen molar-refractivity contribution >= 4 is 0 Å². The number of hydrogen-bond acceptors (Lipinski definition) is 1. The van der Waals surface area contributed by atoms with Gasteiger partial charge in [0.25, 0.3) is 0 Å². The predicted molar refractivity (Wildman–Crippen MR) is 73.8 cm³/mol. The number of nitrogens with one attached hydrogen (secondary N) is 1. The summed E-state index contributed by atoms with van der Waals surface area (Å²) in [7, 11) is 0. The van der Waals surface area contributed by atoms with Crippen molar-refractivity contribution < 1.29 is 4.39 Å². The van der Waals surface area contributed by atoms with Gasteiger partial charge in [-0.1, -0.05) is 49.4 Å². The fourth-order valence-corrected chi connectivity index (χ4v) is 1.91. The summed E-state index contributed by atoms with van der Waals surface area (Å²) in [6.07, 6.45) is 1.13. The van der Waals surface area contributed by atoms with Crippen molar-refractivity contribution in [2.75, 3.05) is 6.54 Å². The van der Waals surface area contributed by atoms with Crippen molar-refractivity contribution in [3.63, 3.8) is 0 Å². The van der Waals surface area contributed by atoms with E-state index in [1.54, 1.807) is 12.1 Å². The minimum atomic E-state index is -0.172. The van der Waals surface area contributed by atoms with Crippen molar-refractivity contribution in [3.05, 3.63) is 59.9 Å². The Morgan fingerprint density at radius 3 is 2.39 bits per heavy atom. The Morgan fingerprint density at radius 1 is 1.00 bits per heavy atom. The van der Waals surface area contributed by atoms with Gasteiger partial charge in [-0.25, -0.2) is 4.39 Å². The minimum Gasteiger partial charge on any atom is -0.313 e. The lowest BCUT2D eigenvalue weighted by molar-refractivity contribution is 0.631. The van der Waals surface area contributed by atoms with Gasteiger partial charge in [-0.05, 0) is 30.2 Å². The lowest BCUT2D eigenvalue weighted by Gasteiger charge is -2.06. The average Bonchev–Trinajstić information content (AvgIpc) is 2.41. The second-order valence-electron chi connectivity index (χ2n) is 4.35. The van der Waals surface area contributed by atoms with Crippen molar-refractivity contribution in [2.24, 2.45) is 0 Å². The van der Waals surface area contributed by atoms with Gasteiger partial charge in [-0.15, -0.1) is 0 Å². The van der Waals surface area contributed by atoms with Crippen LogP contribution in [0.15, 0.2) is 48.5 Å². The Bertz CT molecular complexity index is 491. The molecule has 0 heterocycles. The highest BCUT2D eigenvalue weighted by molar-refractivity contribution is 5.64. The van der Waals surface area contributed by atoms with E-state index < -0.39 is 0 Å². The first-order chi connectivity index (χ1) is 8.81. The van der Waals surface area contributed by atoms with Gasteiger partial charge in [0.2, 0.25) is 0 Å². The van der Waals surface area contributed by atoms with Gasteiger partial charge < -0.3 is 5.32 Å². The smallest absolute Gasteiger partial charge is 0.131 e. The minimum absolute atomic E-state index is 0.172. The van der Waals surface area contributed by atoms with Crippen molar-refractivity contribution in [1.29, 1.82) is 0 Å². The van der Waals surface area contributed by atoms with E-state index in [2.05, 4.69) is 12.2 Å². The molecule has 0 amide bonds. The van der Waals surface area contributed by atoms with Crippen LogP contribution >= 0.6 is 0 Å². The Kier molecular flexibility index (Phi) is 4.48. The largest absolute Gasteiger partial charge is 0.313 e. The monoisotopic (exact) mass is 243 g/mol. The van der Waals surface area contributed by atoms with Gasteiger partial charge >= 0.3 is 0 Å². The molecular weight excluding hydrogens is 225 g/mol. The molecule has 1 nitrogen and oxygen atoms in total. The van der Waals surface area contributed by atoms with Crippen LogP contribution in [0, 0.1) is 5.82 Å². The summed E-state index contributed by atoms with van der Waals surface area (Å²) in [5.41, 5.74) is 2.81. The zero-order valence-electron chi connectivity index (χ0n) is 10.6. The maximum atomic E-state index is 13.6. The molecule has 18 heavy (non-hydrogen) atoms. The second kappa shape index (κ2) is 6.31. The number of hydrogen-bond donors (Lipinski definition) is 1. The van der Waals surface area contributed by atoms with Crippen LogP contribution in [0.25, 0.3) is 11.1 Å². The molecular formula is C16H18FN. The molecule has 2 aromatic carbocycles. The highest BCUT2D eigenvalue weighted by atomic mass is 19.1. The van der Waals surface area contributed by atoms with Crippen LogP contribution in [-0.2, 0) is 6.54 Å². The predicted octanol–water partition coefficient (Wildman–Crippen LogP) is 3.99. The highest BCUT2D eigenvalue weighted by Crippen LogP contribution is 2.22. The summed E-state index contributed by atoms with van der Waals surface area (Å²) < 4.78 is 13.6. The normalized spacial score (nSPS) is 10.6. The molecule has 0 aliphatic carbocycles. The Labute approximate surface area is 108 Å². The Morgan fingerprint density at radius 2 is 1.72 bits per heavy atom. The van der Waals surface area contributed by atoms with E-state index >= 15 is 0 Å². The molecule has 0 atom stereocenters. The van der Waals surface area contributed by atoms with Gasteiger partial charge in [0.05, 0.1) is 0 Å². The van der Waals surface area contributed by atoms with E-state index in [1.165, 1.54) is 11.6 Å². The first kappa shape index (κ1) is 12.8. The molecule has 0 radical (unpaired) electrons. The lowest BCUT2D eigenvalue weighted by Crippen LogP contribution is -2.13. The average molecular weight is 243 g/mol. The van der Waals surface area contributed by atoms with Gasteiger partial charge in [-0.2, -0.15) is 0 Å². The van der Waals surface area contributed by atoms with Crippen molar-refractivity contribution in [1.82, 2.24) is 5.32 Å². The third-order valence-corrected chi connectivity index (χ3v) is 2.89. The van der Waals surface area contributed by atoms with Crippen molar-refractivity contribution in [2.45, 2.75) is 19.9 Å². The summed E-state index contributed by atoms with van der Waals surface area (Å²) in [6.45, 7) is 4.04. The van der Waals surface area contributed by atoms with Crippen LogP contribution in [0.5, 0.6) is 0 Å². The summed E-state index contributed by atoms with van der Waals surface area (Å²) >= 11 is 0. The van der Waals surface area contributed by atoms with Crippen LogP contribution in [0.1, 0.15) is 18.9 Å². The molecule has 2 rings (SSSR count). The van der Waals surface area contributed by atoms with Gasteiger partial charge in [-0.3, -0.25) is 0 Å². The van der Waals surface area contributed by atoms with Crippen LogP contribution in [0.3, 0.4) is 0 Å². The maximum Gasteiger partial charge on any atom is 0.131 e. The molecule has 0 aliphatic rings. The Hall–Kier alpha value is -1.67. The molecule has 0 saturated carbocycles. The first-order valence-corrected chi connectivity index (χ1v) is 6.36. The van der Waals surface area contributed by atoms with E-state index in [0.29, 0.717) is 5.56 Å². The quantitative estimate of drug-likeness (QED) is 0.783. The highest BCUT2D eigenvalue weighted by Gasteiger charge is 2.03. The summed E-state index contributed by atoms with van der Waals surface area (Å²) in [6, 6.07) is 14.9. The summed E-state index contributed by atoms with van der Waals surface area (Å²) in [4.78, 5) is 0. The molecule has 0 fully saturated rings. The van der Waals surface area contributed by atoms with E-state index in [0.717, 1.165) is 25.1 Å². The molecule has 0 spiro atoms. The fourth-order valence-electron chi connectivity index (χ4n) is 1.91. The van der Waals surface area contributed by atoms with E-state index in [-0.39, 0.29) is 5.82 Å². The number of halogens is 1. The number of benzene rings is 2. The molecule has 2 heteroatoms. The van der Waals surface area contributed by atoms with Crippen LogP contribution < -0.4 is 5.32 Å². The van der Waals surface area contributed by atoms with Gasteiger partial charge in [0.1, 0.15) is 5.82 Å². The van der Waals surface area contributed by atoms with E-state index in [9.17, 15) is 4.39 Å². The molecule has 1 N–H and O–H groups in total. The molecule has 2 aromatic rings. The molecule has 94 valence electrons. The third kappa shape index (κ3) is 3.17. The van der Waals surface area contributed by atoms with Crippen LogP contribution in [-0.4, -0.2) is 6.54 Å². The van der Waals surface area contributed by atoms with Crippen molar-refractivity contribution in [3.8, 4) is 11.1 Å². The zero-order chi connectivity index (χ0) is 12.8. The van der Waals surface area contributed by atoms with Gasteiger partial charge in [0.15, 0.2) is 0 Å². The molecule has 0 aliphatic heterocycles. The first-order valence-electron chi connectivity index (χ1n) is 6.36. The second-order valence-corrected chi connectivity index (χ2v) is 4.35. The lowest BCUT2D eigenvalue weighted by atomic mass is 10.0.